The molecular weight excluding hydrogens is 451 g/mol. The standard InChI is InChI=1S/C23H28BrFN2O3/c1-5-20(22(29)26-23(2,3)4)27(14-16-6-10-18(25)11-7-16)21(28)15-30-19-12-8-17(24)9-13-19/h6-13,20H,5,14-15H2,1-4H3,(H,26,29)/t20-/m1/s1. The number of carbonyl (C=O) groups is 2. The molecule has 2 aromatic carbocycles. The summed E-state index contributed by atoms with van der Waals surface area (Å²) in [5, 5.41) is 2.94. The molecule has 2 rings (SSSR count). The number of nitrogens with one attached hydrogen (secondary N) is 1. The molecule has 0 aliphatic carbocycles. The highest BCUT2D eigenvalue weighted by Crippen LogP contribution is 2.18. The molecule has 1 N–H and O–H groups in total. The zero-order valence-electron chi connectivity index (χ0n) is 17.7. The van der Waals surface area contributed by atoms with Crippen LogP contribution in [0.1, 0.15) is 39.7 Å². The monoisotopic (exact) mass is 478 g/mol. The molecule has 2 aromatic rings. The Kier molecular flexibility index (Phi) is 8.41. The normalized spacial score (nSPS) is 12.2. The summed E-state index contributed by atoms with van der Waals surface area (Å²) < 4.78 is 19.8. The highest BCUT2D eigenvalue weighted by atomic mass is 79.9. The first-order valence-electron chi connectivity index (χ1n) is 9.83. The Bertz CT molecular complexity index is 848. The first kappa shape index (κ1) is 23.9. The predicted octanol–water partition coefficient (Wildman–Crippen LogP) is 4.69. The Hall–Kier alpha value is -2.41. The van der Waals surface area contributed by atoms with Crippen LogP contribution in [-0.2, 0) is 16.1 Å². The van der Waals surface area contributed by atoms with Crippen molar-refractivity contribution in [3.63, 3.8) is 0 Å². The van der Waals surface area contributed by atoms with Gasteiger partial charge in [0, 0.05) is 16.6 Å². The van der Waals surface area contributed by atoms with Gasteiger partial charge in [0.25, 0.3) is 5.91 Å². The Morgan fingerprint density at radius 1 is 1.10 bits per heavy atom. The summed E-state index contributed by atoms with van der Waals surface area (Å²) in [6, 6.07) is 12.4. The van der Waals surface area contributed by atoms with Crippen molar-refractivity contribution in [2.45, 2.75) is 52.2 Å². The smallest absolute Gasteiger partial charge is 0.261 e. The lowest BCUT2D eigenvalue weighted by Gasteiger charge is -2.33. The molecule has 0 aliphatic rings. The van der Waals surface area contributed by atoms with Gasteiger partial charge in [-0.05, 0) is 69.2 Å². The van der Waals surface area contributed by atoms with Crippen LogP contribution in [0.15, 0.2) is 53.0 Å². The van der Waals surface area contributed by atoms with Gasteiger partial charge in [0.15, 0.2) is 6.61 Å². The lowest BCUT2D eigenvalue weighted by molar-refractivity contribution is -0.143. The van der Waals surface area contributed by atoms with Crippen LogP contribution in [-0.4, -0.2) is 34.9 Å². The van der Waals surface area contributed by atoms with E-state index in [-0.39, 0.29) is 30.8 Å². The van der Waals surface area contributed by atoms with Crippen LogP contribution in [0, 0.1) is 5.82 Å². The molecule has 0 heterocycles. The molecule has 1 atom stereocenters. The zero-order chi connectivity index (χ0) is 22.3. The van der Waals surface area contributed by atoms with Gasteiger partial charge in [0.1, 0.15) is 17.6 Å². The minimum Gasteiger partial charge on any atom is -0.484 e. The molecule has 0 aliphatic heterocycles. The van der Waals surface area contributed by atoms with Gasteiger partial charge >= 0.3 is 0 Å². The van der Waals surface area contributed by atoms with E-state index in [0.29, 0.717) is 12.2 Å². The summed E-state index contributed by atoms with van der Waals surface area (Å²) in [7, 11) is 0. The SMILES string of the molecule is CC[C@H](C(=O)NC(C)(C)C)N(Cc1ccc(F)cc1)C(=O)COc1ccc(Br)cc1. The molecule has 0 bridgehead atoms. The lowest BCUT2D eigenvalue weighted by Crippen LogP contribution is -2.54. The molecule has 0 aromatic heterocycles. The van der Waals surface area contributed by atoms with E-state index in [1.807, 2.05) is 39.8 Å². The van der Waals surface area contributed by atoms with Gasteiger partial charge in [0.2, 0.25) is 5.91 Å². The van der Waals surface area contributed by atoms with Crippen molar-refractivity contribution in [3.8, 4) is 5.75 Å². The summed E-state index contributed by atoms with van der Waals surface area (Å²) in [6.07, 6.45) is 0.438. The van der Waals surface area contributed by atoms with Gasteiger partial charge in [-0.2, -0.15) is 0 Å². The van der Waals surface area contributed by atoms with Crippen molar-refractivity contribution in [2.75, 3.05) is 6.61 Å². The van der Waals surface area contributed by atoms with Crippen LogP contribution in [0.5, 0.6) is 5.75 Å². The summed E-state index contributed by atoms with van der Waals surface area (Å²) in [5.41, 5.74) is 0.304. The quantitative estimate of drug-likeness (QED) is 0.598. The third-order valence-electron chi connectivity index (χ3n) is 4.33. The first-order chi connectivity index (χ1) is 14.1. The summed E-state index contributed by atoms with van der Waals surface area (Å²) in [5.74, 6) is -0.351. The van der Waals surface area contributed by atoms with E-state index in [4.69, 9.17) is 4.74 Å². The van der Waals surface area contributed by atoms with E-state index < -0.39 is 11.6 Å². The van der Waals surface area contributed by atoms with Crippen molar-refractivity contribution < 1.29 is 18.7 Å². The molecule has 30 heavy (non-hydrogen) atoms. The minimum absolute atomic E-state index is 0.179. The lowest BCUT2D eigenvalue weighted by atomic mass is 10.1. The number of carbonyl (C=O) groups excluding carboxylic acids is 2. The largest absolute Gasteiger partial charge is 0.484 e. The maximum Gasteiger partial charge on any atom is 0.261 e. The van der Waals surface area contributed by atoms with Gasteiger partial charge in [-0.1, -0.05) is 35.0 Å². The van der Waals surface area contributed by atoms with Crippen molar-refractivity contribution in [1.82, 2.24) is 10.2 Å². The second-order valence-corrected chi connectivity index (χ2v) is 8.97. The number of benzene rings is 2. The van der Waals surface area contributed by atoms with Gasteiger partial charge in [-0.25, -0.2) is 4.39 Å². The van der Waals surface area contributed by atoms with Crippen molar-refractivity contribution >= 4 is 27.7 Å². The maximum atomic E-state index is 13.3. The fraction of sp³-hybridized carbons (Fsp3) is 0.391. The Morgan fingerprint density at radius 3 is 2.23 bits per heavy atom. The van der Waals surface area contributed by atoms with E-state index in [1.54, 1.807) is 24.3 Å². The number of amides is 2. The first-order valence-corrected chi connectivity index (χ1v) is 10.6. The molecule has 0 radical (unpaired) electrons. The van der Waals surface area contributed by atoms with Crippen LogP contribution in [0.4, 0.5) is 4.39 Å². The summed E-state index contributed by atoms with van der Waals surface area (Å²) >= 11 is 3.36. The van der Waals surface area contributed by atoms with Gasteiger partial charge in [-0.15, -0.1) is 0 Å². The topological polar surface area (TPSA) is 58.6 Å². The average molecular weight is 479 g/mol. The molecule has 0 fully saturated rings. The van der Waals surface area contributed by atoms with E-state index >= 15 is 0 Å². The van der Waals surface area contributed by atoms with Crippen LogP contribution in [0.25, 0.3) is 0 Å². The predicted molar refractivity (Wildman–Crippen MR) is 119 cm³/mol. The zero-order valence-corrected chi connectivity index (χ0v) is 19.3. The number of nitrogens with zero attached hydrogens (tertiary/aromatic N) is 1. The highest BCUT2D eigenvalue weighted by Gasteiger charge is 2.30. The molecule has 162 valence electrons. The molecule has 5 nitrogen and oxygen atoms in total. The van der Waals surface area contributed by atoms with E-state index in [9.17, 15) is 14.0 Å². The highest BCUT2D eigenvalue weighted by molar-refractivity contribution is 9.10. The van der Waals surface area contributed by atoms with Crippen LogP contribution in [0.2, 0.25) is 0 Å². The van der Waals surface area contributed by atoms with E-state index in [1.165, 1.54) is 17.0 Å². The molecule has 0 spiro atoms. The van der Waals surface area contributed by atoms with Crippen LogP contribution in [0.3, 0.4) is 0 Å². The number of ether oxygens (including phenoxy) is 1. The van der Waals surface area contributed by atoms with Gasteiger partial charge < -0.3 is 15.0 Å². The van der Waals surface area contributed by atoms with E-state index in [0.717, 1.165) is 10.0 Å². The second-order valence-electron chi connectivity index (χ2n) is 8.05. The van der Waals surface area contributed by atoms with Crippen LogP contribution >= 0.6 is 15.9 Å². The average Bonchev–Trinajstić information content (AvgIpc) is 2.67. The third kappa shape index (κ3) is 7.44. The number of hydrogen-bond acceptors (Lipinski definition) is 3. The minimum atomic E-state index is -0.671. The molecule has 2 amide bonds. The van der Waals surface area contributed by atoms with Crippen LogP contribution < -0.4 is 10.1 Å². The molecule has 0 saturated heterocycles. The fourth-order valence-electron chi connectivity index (χ4n) is 2.92. The van der Waals surface area contributed by atoms with Crippen molar-refractivity contribution in [2.24, 2.45) is 0 Å². The van der Waals surface area contributed by atoms with Gasteiger partial charge in [-0.3, -0.25) is 9.59 Å². The number of halogens is 2. The summed E-state index contributed by atoms with van der Waals surface area (Å²) in [4.78, 5) is 27.4. The van der Waals surface area contributed by atoms with Gasteiger partial charge in [0.05, 0.1) is 0 Å². The maximum absolute atomic E-state index is 13.3. The molecule has 7 heteroatoms. The Balaban J connectivity index is 2.21. The van der Waals surface area contributed by atoms with Crippen molar-refractivity contribution in [1.29, 1.82) is 0 Å². The Morgan fingerprint density at radius 2 is 1.70 bits per heavy atom. The van der Waals surface area contributed by atoms with Crippen molar-refractivity contribution in [3.05, 3.63) is 64.4 Å². The number of hydrogen-bond donors (Lipinski definition) is 1. The molecule has 0 saturated carbocycles. The molecule has 0 unspecified atom stereocenters. The molecular formula is C23H28BrFN2O3. The van der Waals surface area contributed by atoms with E-state index in [2.05, 4.69) is 21.2 Å². The number of rotatable bonds is 8. The second kappa shape index (κ2) is 10.6. The summed E-state index contributed by atoms with van der Waals surface area (Å²) in [6.45, 7) is 7.50. The Labute approximate surface area is 185 Å². The third-order valence-corrected chi connectivity index (χ3v) is 4.85. The fourth-order valence-corrected chi connectivity index (χ4v) is 3.18.